The SMILES string of the molecule is CCNC(C)c1ccc(C)cc1OCCC(C)(C)OC. The van der Waals surface area contributed by atoms with E-state index in [0.717, 1.165) is 18.7 Å². The van der Waals surface area contributed by atoms with Gasteiger partial charge in [-0.1, -0.05) is 19.1 Å². The zero-order valence-electron chi connectivity index (χ0n) is 13.7. The monoisotopic (exact) mass is 279 g/mol. The molecular formula is C17H29NO2. The van der Waals surface area contributed by atoms with E-state index < -0.39 is 0 Å². The van der Waals surface area contributed by atoms with E-state index >= 15 is 0 Å². The number of benzene rings is 1. The Labute approximate surface area is 123 Å². The van der Waals surface area contributed by atoms with E-state index in [0.29, 0.717) is 12.6 Å². The maximum Gasteiger partial charge on any atom is 0.124 e. The van der Waals surface area contributed by atoms with Crippen LogP contribution in [0.1, 0.15) is 51.3 Å². The highest BCUT2D eigenvalue weighted by Gasteiger charge is 2.17. The molecule has 0 fully saturated rings. The molecule has 1 atom stereocenters. The minimum atomic E-state index is -0.142. The normalized spacial score (nSPS) is 13.3. The van der Waals surface area contributed by atoms with Crippen molar-refractivity contribution in [3.05, 3.63) is 29.3 Å². The fraction of sp³-hybridized carbons (Fsp3) is 0.647. The second-order valence-electron chi connectivity index (χ2n) is 5.88. The largest absolute Gasteiger partial charge is 0.493 e. The number of hydrogen-bond acceptors (Lipinski definition) is 3. The molecule has 0 aliphatic rings. The summed E-state index contributed by atoms with van der Waals surface area (Å²) >= 11 is 0. The molecule has 0 amide bonds. The lowest BCUT2D eigenvalue weighted by Crippen LogP contribution is -2.25. The van der Waals surface area contributed by atoms with Gasteiger partial charge in [-0.15, -0.1) is 0 Å². The van der Waals surface area contributed by atoms with Crippen molar-refractivity contribution in [3.63, 3.8) is 0 Å². The number of ether oxygens (including phenoxy) is 2. The van der Waals surface area contributed by atoms with Crippen molar-refractivity contribution in [1.29, 1.82) is 0 Å². The summed E-state index contributed by atoms with van der Waals surface area (Å²) in [5.41, 5.74) is 2.29. The van der Waals surface area contributed by atoms with E-state index in [9.17, 15) is 0 Å². The third-order valence-corrected chi connectivity index (χ3v) is 3.66. The van der Waals surface area contributed by atoms with Gasteiger partial charge in [0.25, 0.3) is 0 Å². The van der Waals surface area contributed by atoms with Crippen molar-refractivity contribution in [2.45, 2.75) is 52.7 Å². The van der Waals surface area contributed by atoms with Crippen molar-refractivity contribution in [1.82, 2.24) is 5.32 Å². The van der Waals surface area contributed by atoms with Crippen molar-refractivity contribution in [2.75, 3.05) is 20.3 Å². The summed E-state index contributed by atoms with van der Waals surface area (Å²) in [6.45, 7) is 12.1. The van der Waals surface area contributed by atoms with Gasteiger partial charge in [-0.3, -0.25) is 0 Å². The van der Waals surface area contributed by atoms with Crippen LogP contribution in [0.15, 0.2) is 18.2 Å². The van der Waals surface area contributed by atoms with Crippen molar-refractivity contribution >= 4 is 0 Å². The summed E-state index contributed by atoms with van der Waals surface area (Å²) in [6, 6.07) is 6.70. The quantitative estimate of drug-likeness (QED) is 0.784. The predicted molar refractivity (Wildman–Crippen MR) is 84.5 cm³/mol. The number of aryl methyl sites for hydroxylation is 1. The first-order chi connectivity index (χ1) is 9.39. The van der Waals surface area contributed by atoms with Gasteiger partial charge in [0.1, 0.15) is 5.75 Å². The predicted octanol–water partition coefficient (Wildman–Crippen LogP) is 3.86. The molecule has 1 aromatic carbocycles. The average Bonchev–Trinajstić information content (AvgIpc) is 2.39. The molecule has 3 nitrogen and oxygen atoms in total. The highest BCUT2D eigenvalue weighted by molar-refractivity contribution is 5.39. The molecule has 0 saturated heterocycles. The summed E-state index contributed by atoms with van der Waals surface area (Å²) < 4.78 is 11.4. The molecule has 1 N–H and O–H groups in total. The lowest BCUT2D eigenvalue weighted by Gasteiger charge is -2.24. The van der Waals surface area contributed by atoms with E-state index in [1.165, 1.54) is 11.1 Å². The highest BCUT2D eigenvalue weighted by atomic mass is 16.5. The summed E-state index contributed by atoms with van der Waals surface area (Å²) in [5, 5.41) is 3.43. The maximum absolute atomic E-state index is 6.00. The van der Waals surface area contributed by atoms with Crippen LogP contribution in [-0.4, -0.2) is 25.9 Å². The first-order valence-electron chi connectivity index (χ1n) is 7.41. The second kappa shape index (κ2) is 7.65. The van der Waals surface area contributed by atoms with E-state index in [4.69, 9.17) is 9.47 Å². The fourth-order valence-electron chi connectivity index (χ4n) is 2.05. The van der Waals surface area contributed by atoms with E-state index in [1.54, 1.807) is 7.11 Å². The minimum Gasteiger partial charge on any atom is -0.493 e. The van der Waals surface area contributed by atoms with Gasteiger partial charge >= 0.3 is 0 Å². The third kappa shape index (κ3) is 5.14. The smallest absolute Gasteiger partial charge is 0.124 e. The van der Waals surface area contributed by atoms with Gasteiger partial charge in [0.15, 0.2) is 0 Å². The van der Waals surface area contributed by atoms with Gasteiger partial charge < -0.3 is 14.8 Å². The lowest BCUT2D eigenvalue weighted by atomic mass is 10.0. The third-order valence-electron chi connectivity index (χ3n) is 3.66. The molecule has 0 saturated carbocycles. The first-order valence-corrected chi connectivity index (χ1v) is 7.41. The second-order valence-corrected chi connectivity index (χ2v) is 5.88. The summed E-state index contributed by atoms with van der Waals surface area (Å²) in [6.07, 6.45) is 0.868. The molecule has 114 valence electrons. The molecule has 20 heavy (non-hydrogen) atoms. The lowest BCUT2D eigenvalue weighted by molar-refractivity contribution is 0.00534. The number of methoxy groups -OCH3 is 1. The minimum absolute atomic E-state index is 0.142. The standard InChI is InChI=1S/C17H29NO2/c1-7-18-14(3)15-9-8-13(2)12-16(15)20-11-10-17(4,5)19-6/h8-9,12,14,18H,7,10-11H2,1-6H3. The molecule has 0 heterocycles. The molecule has 3 heteroatoms. The Hall–Kier alpha value is -1.06. The van der Waals surface area contributed by atoms with Gasteiger partial charge in [0.05, 0.1) is 12.2 Å². The van der Waals surface area contributed by atoms with Crippen LogP contribution in [0.3, 0.4) is 0 Å². The van der Waals surface area contributed by atoms with E-state index in [-0.39, 0.29) is 5.60 Å². The number of rotatable bonds is 8. The molecule has 1 unspecified atom stereocenters. The van der Waals surface area contributed by atoms with Crippen molar-refractivity contribution < 1.29 is 9.47 Å². The van der Waals surface area contributed by atoms with Crippen molar-refractivity contribution in [3.8, 4) is 5.75 Å². The Bertz CT molecular complexity index is 415. The number of nitrogens with one attached hydrogen (secondary N) is 1. The van der Waals surface area contributed by atoms with E-state index in [2.05, 4.69) is 58.1 Å². The molecule has 0 spiro atoms. The van der Waals surface area contributed by atoms with Crippen LogP contribution in [0.5, 0.6) is 5.75 Å². The van der Waals surface area contributed by atoms with Gasteiger partial charge in [0.2, 0.25) is 0 Å². The van der Waals surface area contributed by atoms with Gasteiger partial charge in [-0.05, 0) is 45.9 Å². The molecule has 0 bridgehead atoms. The topological polar surface area (TPSA) is 30.5 Å². The van der Waals surface area contributed by atoms with Crippen LogP contribution in [-0.2, 0) is 4.74 Å². The molecule has 0 radical (unpaired) electrons. The molecule has 1 aromatic rings. The molecule has 0 aliphatic carbocycles. The summed E-state index contributed by atoms with van der Waals surface area (Å²) in [4.78, 5) is 0. The Balaban J connectivity index is 2.74. The molecule has 0 aromatic heterocycles. The molecule has 1 rings (SSSR count). The number of hydrogen-bond donors (Lipinski definition) is 1. The van der Waals surface area contributed by atoms with E-state index in [1.807, 2.05) is 0 Å². The highest BCUT2D eigenvalue weighted by Crippen LogP contribution is 2.27. The van der Waals surface area contributed by atoms with Crippen molar-refractivity contribution in [2.24, 2.45) is 0 Å². The van der Waals surface area contributed by atoms with Crippen LogP contribution >= 0.6 is 0 Å². The van der Waals surface area contributed by atoms with Gasteiger partial charge in [-0.25, -0.2) is 0 Å². The van der Waals surface area contributed by atoms with Crippen LogP contribution in [0.25, 0.3) is 0 Å². The van der Waals surface area contributed by atoms with Crippen LogP contribution in [0.2, 0.25) is 0 Å². The molecular weight excluding hydrogens is 250 g/mol. The Kier molecular flexibility index (Phi) is 6.50. The zero-order chi connectivity index (χ0) is 15.2. The summed E-state index contributed by atoms with van der Waals surface area (Å²) in [7, 11) is 1.74. The maximum atomic E-state index is 6.00. The van der Waals surface area contributed by atoms with Gasteiger partial charge in [0, 0.05) is 25.1 Å². The van der Waals surface area contributed by atoms with Gasteiger partial charge in [-0.2, -0.15) is 0 Å². The Morgan fingerprint density at radius 1 is 1.30 bits per heavy atom. The summed E-state index contributed by atoms with van der Waals surface area (Å²) in [5.74, 6) is 0.977. The average molecular weight is 279 g/mol. The first kappa shape index (κ1) is 17.0. The van der Waals surface area contributed by atoms with Crippen LogP contribution in [0, 0.1) is 6.92 Å². The molecule has 0 aliphatic heterocycles. The van der Waals surface area contributed by atoms with Crippen LogP contribution in [0.4, 0.5) is 0 Å². The zero-order valence-corrected chi connectivity index (χ0v) is 13.7. The Morgan fingerprint density at radius 3 is 2.60 bits per heavy atom. The fourth-order valence-corrected chi connectivity index (χ4v) is 2.05. The Morgan fingerprint density at radius 2 is 2.00 bits per heavy atom. The van der Waals surface area contributed by atoms with Crippen LogP contribution < -0.4 is 10.1 Å².